The number of aryl methyl sites for hydroxylation is 6. The van der Waals surface area contributed by atoms with Crippen LogP contribution in [-0.4, -0.2) is 22.9 Å². The van der Waals surface area contributed by atoms with E-state index < -0.39 is 0 Å². The summed E-state index contributed by atoms with van der Waals surface area (Å²) in [6.45, 7) is 13.0. The van der Waals surface area contributed by atoms with Crippen LogP contribution in [0.2, 0.25) is 0 Å². The minimum Gasteiger partial charge on any atom is -0.456 e. The summed E-state index contributed by atoms with van der Waals surface area (Å²) in [7, 11) is 0. The van der Waals surface area contributed by atoms with Crippen LogP contribution in [-0.2, 0) is 0 Å². The molecule has 0 bridgehead atoms. The molecule has 8 heteroatoms. The Hall–Kier alpha value is -6.53. The third-order valence-electron chi connectivity index (χ3n) is 13.3. The number of hydrogen-bond donors (Lipinski definition) is 0. The van der Waals surface area contributed by atoms with Gasteiger partial charge in [0.1, 0.15) is 23.0 Å². The second kappa shape index (κ2) is 10.2. The molecule has 6 heterocycles. The van der Waals surface area contributed by atoms with Crippen LogP contribution in [0.25, 0.3) is 43.6 Å². The van der Waals surface area contributed by atoms with Crippen molar-refractivity contribution in [2.24, 2.45) is 0 Å². The van der Waals surface area contributed by atoms with Crippen LogP contribution in [0.15, 0.2) is 109 Å². The Bertz CT molecular complexity index is 3100. The molecule has 0 unspecified atom stereocenters. The van der Waals surface area contributed by atoms with Gasteiger partial charge in [-0.2, -0.15) is 0 Å². The minimum absolute atomic E-state index is 0.204. The lowest BCUT2D eigenvalue weighted by Crippen LogP contribution is -2.51. The molecule has 13 rings (SSSR count). The molecule has 0 saturated carbocycles. The molecule has 56 heavy (non-hydrogen) atoms. The molecule has 4 aliphatic heterocycles. The largest absolute Gasteiger partial charge is 0.456 e. The first-order valence-electron chi connectivity index (χ1n) is 19.7. The topological polar surface area (TPSA) is 34.8 Å². The van der Waals surface area contributed by atoms with Gasteiger partial charge < -0.3 is 28.1 Å². The SMILES string of the molecule is Cc1ccc2c(c1)c1c(C)c(C)cc3c1n2B1c2cc4c(cc2Oc2ccccc2N13)B1N(c2ccccc2O4)c2cc(C)c(C)c3c4cc(C)ccc4n1c23. The van der Waals surface area contributed by atoms with Gasteiger partial charge in [-0.3, -0.25) is 0 Å². The third-order valence-corrected chi connectivity index (χ3v) is 13.3. The van der Waals surface area contributed by atoms with E-state index in [-0.39, 0.29) is 14.0 Å². The fourth-order valence-corrected chi connectivity index (χ4v) is 10.6. The van der Waals surface area contributed by atoms with Gasteiger partial charge >= 0.3 is 14.0 Å². The summed E-state index contributed by atoms with van der Waals surface area (Å²) >= 11 is 0. The van der Waals surface area contributed by atoms with E-state index in [0.29, 0.717) is 0 Å². The number of para-hydroxylation sites is 4. The average molecular weight is 722 g/mol. The van der Waals surface area contributed by atoms with Crippen LogP contribution < -0.4 is 30.0 Å². The quantitative estimate of drug-likeness (QED) is 0.146. The smallest absolute Gasteiger partial charge is 0.424 e. The fraction of sp³-hybridized carbons (Fsp3) is 0.125. The molecule has 0 aliphatic carbocycles. The van der Waals surface area contributed by atoms with Gasteiger partial charge in [0.25, 0.3) is 0 Å². The maximum absolute atomic E-state index is 7.18. The fourth-order valence-electron chi connectivity index (χ4n) is 10.6. The van der Waals surface area contributed by atoms with Gasteiger partial charge in [-0.05, 0) is 137 Å². The molecule has 6 nitrogen and oxygen atoms in total. The normalized spacial score (nSPS) is 14.4. The summed E-state index contributed by atoms with van der Waals surface area (Å²) in [5, 5.41) is 5.25. The molecular formula is C48H36B2N4O2. The average Bonchev–Trinajstić information content (AvgIpc) is 3.85. The van der Waals surface area contributed by atoms with Crippen molar-refractivity contribution in [2.45, 2.75) is 41.5 Å². The Morgan fingerprint density at radius 2 is 0.857 bits per heavy atom. The van der Waals surface area contributed by atoms with Crippen molar-refractivity contribution in [1.29, 1.82) is 0 Å². The number of ether oxygens (including phenoxy) is 2. The lowest BCUT2D eigenvalue weighted by atomic mass is 9.61. The second-order valence-electron chi connectivity index (χ2n) is 16.5. The van der Waals surface area contributed by atoms with Crippen LogP contribution in [0.5, 0.6) is 23.0 Å². The molecule has 0 saturated heterocycles. The van der Waals surface area contributed by atoms with Crippen molar-refractivity contribution in [3.63, 3.8) is 0 Å². The predicted molar refractivity (Wildman–Crippen MR) is 233 cm³/mol. The molecule has 0 fully saturated rings. The number of benzene rings is 7. The van der Waals surface area contributed by atoms with Gasteiger partial charge in [0.2, 0.25) is 0 Å². The van der Waals surface area contributed by atoms with E-state index in [2.05, 4.69) is 169 Å². The molecular weight excluding hydrogens is 686 g/mol. The van der Waals surface area contributed by atoms with Gasteiger partial charge in [-0.1, -0.05) is 47.5 Å². The Balaban J connectivity index is 1.15. The first-order valence-corrected chi connectivity index (χ1v) is 19.7. The summed E-state index contributed by atoms with van der Waals surface area (Å²) in [6.07, 6.45) is 0. The molecule has 266 valence electrons. The Labute approximate surface area is 325 Å². The van der Waals surface area contributed by atoms with Crippen molar-refractivity contribution in [2.75, 3.05) is 9.62 Å². The van der Waals surface area contributed by atoms with E-state index in [4.69, 9.17) is 9.47 Å². The van der Waals surface area contributed by atoms with Crippen molar-refractivity contribution in [3.05, 3.63) is 143 Å². The predicted octanol–water partition coefficient (Wildman–Crippen LogP) is 10.8. The Morgan fingerprint density at radius 3 is 1.30 bits per heavy atom. The van der Waals surface area contributed by atoms with Crippen LogP contribution in [0.4, 0.5) is 22.7 Å². The minimum atomic E-state index is -0.204. The number of anilines is 4. The van der Waals surface area contributed by atoms with Gasteiger partial charge in [0, 0.05) is 43.5 Å². The van der Waals surface area contributed by atoms with Crippen LogP contribution in [0.3, 0.4) is 0 Å². The van der Waals surface area contributed by atoms with Crippen molar-refractivity contribution >= 4 is 91.3 Å². The highest BCUT2D eigenvalue weighted by molar-refractivity contribution is 6.83. The number of fused-ring (bicyclic) bond motifs is 20. The van der Waals surface area contributed by atoms with Gasteiger partial charge in [-0.15, -0.1) is 0 Å². The maximum Gasteiger partial charge on any atom is 0.424 e. The standard InChI is InChI=1S/C48H36B2N4O2/c1-25-15-17-35-31(19-25)45-29(5)27(3)21-39-47(45)53(35)49-33-23-44-34(24-43(33)55-41-13-9-7-11-37(41)51(39)49)50-52(38-12-8-10-14-42(38)56-44)40-22-28(4)30(6)46-32-20-26(2)16-18-36(32)54(50)48(40)46/h7-24H,1-6H3. The van der Waals surface area contributed by atoms with E-state index >= 15 is 0 Å². The molecule has 2 aromatic heterocycles. The third kappa shape index (κ3) is 3.57. The summed E-state index contributed by atoms with van der Waals surface area (Å²) in [4.78, 5) is 5.00. The second-order valence-corrected chi connectivity index (χ2v) is 16.5. The molecule has 0 atom stereocenters. The monoisotopic (exact) mass is 722 g/mol. The van der Waals surface area contributed by atoms with E-state index in [9.17, 15) is 0 Å². The molecule has 0 radical (unpaired) electrons. The van der Waals surface area contributed by atoms with E-state index in [1.54, 1.807) is 0 Å². The lowest BCUT2D eigenvalue weighted by molar-refractivity contribution is 0.479. The molecule has 0 spiro atoms. The zero-order chi connectivity index (χ0) is 37.5. The molecule has 0 amide bonds. The molecule has 0 N–H and O–H groups in total. The molecule has 4 aliphatic rings. The first kappa shape index (κ1) is 30.8. The number of hydrogen-bond acceptors (Lipinski definition) is 4. The summed E-state index contributed by atoms with van der Waals surface area (Å²) in [6, 6.07) is 40.2. The van der Waals surface area contributed by atoms with Crippen molar-refractivity contribution < 1.29 is 9.47 Å². The van der Waals surface area contributed by atoms with E-state index in [1.165, 1.54) is 88.4 Å². The zero-order valence-electron chi connectivity index (χ0n) is 32.2. The highest BCUT2D eigenvalue weighted by atomic mass is 16.5. The highest BCUT2D eigenvalue weighted by Gasteiger charge is 2.49. The molecule has 7 aromatic carbocycles. The molecule has 9 aromatic rings. The lowest BCUT2D eigenvalue weighted by Gasteiger charge is -2.27. The number of nitrogens with zero attached hydrogens (tertiary/aromatic N) is 4. The number of aromatic nitrogens is 2. The zero-order valence-corrected chi connectivity index (χ0v) is 32.2. The number of rotatable bonds is 0. The Kier molecular flexibility index (Phi) is 5.60. The van der Waals surface area contributed by atoms with Crippen molar-refractivity contribution in [1.82, 2.24) is 8.96 Å². The van der Waals surface area contributed by atoms with Crippen LogP contribution in [0, 0.1) is 41.5 Å². The van der Waals surface area contributed by atoms with Crippen molar-refractivity contribution in [3.8, 4) is 23.0 Å². The van der Waals surface area contributed by atoms with E-state index in [0.717, 1.165) is 45.3 Å². The van der Waals surface area contributed by atoms with Gasteiger partial charge in [0.05, 0.1) is 33.8 Å². The van der Waals surface area contributed by atoms with Crippen LogP contribution >= 0.6 is 0 Å². The highest BCUT2D eigenvalue weighted by Crippen LogP contribution is 2.53. The summed E-state index contributed by atoms with van der Waals surface area (Å²) in [5.41, 5.74) is 19.4. The van der Waals surface area contributed by atoms with E-state index in [1.807, 2.05) is 0 Å². The van der Waals surface area contributed by atoms with Gasteiger partial charge in [0.15, 0.2) is 0 Å². The summed E-state index contributed by atoms with van der Waals surface area (Å²) < 4.78 is 19.5. The van der Waals surface area contributed by atoms with Crippen LogP contribution in [0.1, 0.15) is 33.4 Å². The first-order chi connectivity index (χ1) is 27.3. The Morgan fingerprint density at radius 1 is 0.429 bits per heavy atom. The van der Waals surface area contributed by atoms with Gasteiger partial charge in [-0.25, -0.2) is 0 Å². The summed E-state index contributed by atoms with van der Waals surface area (Å²) in [5.74, 6) is 3.36. The maximum atomic E-state index is 7.18.